The van der Waals surface area contributed by atoms with Gasteiger partial charge in [0.2, 0.25) is 0 Å². The van der Waals surface area contributed by atoms with Gasteiger partial charge in [-0.05, 0) is 18.7 Å². The summed E-state index contributed by atoms with van der Waals surface area (Å²) >= 11 is 0. The monoisotopic (exact) mass is 245 g/mol. The summed E-state index contributed by atoms with van der Waals surface area (Å²) < 4.78 is 5.58. The zero-order valence-corrected chi connectivity index (χ0v) is 9.63. The molecule has 1 heterocycles. The van der Waals surface area contributed by atoms with E-state index in [2.05, 4.69) is 5.32 Å². The first-order chi connectivity index (χ1) is 6.86. The molecular formula is C11H16ClNO3. The molecule has 0 aliphatic carbocycles. The number of ketones is 1. The molecule has 0 amide bonds. The quantitative estimate of drug-likeness (QED) is 0.829. The summed E-state index contributed by atoms with van der Waals surface area (Å²) in [7, 11) is 0. The Morgan fingerprint density at radius 2 is 1.94 bits per heavy atom. The molecular weight excluding hydrogens is 230 g/mol. The van der Waals surface area contributed by atoms with Crippen molar-refractivity contribution in [2.75, 3.05) is 13.1 Å². The number of carbonyl (C=O) groups excluding carboxylic acids is 1. The number of nitrogens with one attached hydrogen (secondary N) is 1. The molecule has 1 aromatic carbocycles. The Morgan fingerprint density at radius 3 is 2.56 bits per heavy atom. The van der Waals surface area contributed by atoms with Crippen molar-refractivity contribution in [2.45, 2.75) is 12.5 Å². The van der Waals surface area contributed by atoms with Gasteiger partial charge in [-0.25, -0.2) is 0 Å². The number of hydrogen-bond acceptors (Lipinski definition) is 3. The summed E-state index contributed by atoms with van der Waals surface area (Å²) in [6.07, 6.45) is 0.493. The molecule has 90 valence electrons. The number of ether oxygens (including phenoxy) is 1. The molecule has 0 spiro atoms. The second kappa shape index (κ2) is 7.22. The van der Waals surface area contributed by atoms with Crippen LogP contribution in [0.1, 0.15) is 6.42 Å². The van der Waals surface area contributed by atoms with Crippen molar-refractivity contribution in [3.8, 4) is 5.75 Å². The van der Waals surface area contributed by atoms with E-state index in [4.69, 9.17) is 4.74 Å². The summed E-state index contributed by atoms with van der Waals surface area (Å²) in [6.45, 7) is 1.28. The van der Waals surface area contributed by atoms with Crippen LogP contribution in [0.2, 0.25) is 0 Å². The molecule has 1 atom stereocenters. The van der Waals surface area contributed by atoms with Gasteiger partial charge in [0.15, 0.2) is 11.9 Å². The van der Waals surface area contributed by atoms with E-state index in [0.717, 1.165) is 18.7 Å². The first-order valence-corrected chi connectivity index (χ1v) is 4.81. The molecule has 2 rings (SSSR count). The third-order valence-electron chi connectivity index (χ3n) is 2.26. The minimum atomic E-state index is -0.265. The van der Waals surface area contributed by atoms with Crippen molar-refractivity contribution >= 4 is 18.2 Å². The Balaban J connectivity index is 0.00000112. The van der Waals surface area contributed by atoms with Gasteiger partial charge in [0.1, 0.15) is 5.75 Å². The van der Waals surface area contributed by atoms with Crippen molar-refractivity contribution in [1.82, 2.24) is 5.32 Å². The highest BCUT2D eigenvalue weighted by molar-refractivity contribution is 5.86. The van der Waals surface area contributed by atoms with Gasteiger partial charge in [-0.1, -0.05) is 18.2 Å². The Hall–Kier alpha value is -1.10. The first kappa shape index (κ1) is 14.9. The van der Waals surface area contributed by atoms with Crippen LogP contribution in [0.3, 0.4) is 0 Å². The van der Waals surface area contributed by atoms with E-state index in [1.54, 1.807) is 0 Å². The van der Waals surface area contributed by atoms with Crippen molar-refractivity contribution in [3.05, 3.63) is 30.3 Å². The van der Waals surface area contributed by atoms with Crippen LogP contribution in [0, 0.1) is 0 Å². The number of halogens is 1. The van der Waals surface area contributed by atoms with Gasteiger partial charge in [-0.3, -0.25) is 4.79 Å². The van der Waals surface area contributed by atoms with Crippen molar-refractivity contribution in [3.63, 3.8) is 0 Å². The molecule has 1 aliphatic heterocycles. The summed E-state index contributed by atoms with van der Waals surface area (Å²) in [6, 6.07) is 9.48. The van der Waals surface area contributed by atoms with Gasteiger partial charge >= 0.3 is 0 Å². The lowest BCUT2D eigenvalue weighted by molar-refractivity contribution is -0.126. The van der Waals surface area contributed by atoms with Crippen molar-refractivity contribution in [1.29, 1.82) is 0 Å². The molecule has 3 N–H and O–H groups in total. The predicted molar refractivity (Wildman–Crippen MR) is 64.2 cm³/mol. The number of rotatable bonds is 2. The van der Waals surface area contributed by atoms with Crippen LogP contribution in [0.25, 0.3) is 0 Å². The van der Waals surface area contributed by atoms with Crippen LogP contribution in [-0.4, -0.2) is 30.5 Å². The maximum Gasteiger partial charge on any atom is 0.187 e. The van der Waals surface area contributed by atoms with Crippen LogP contribution >= 0.6 is 12.4 Å². The fourth-order valence-corrected chi connectivity index (χ4v) is 1.51. The molecule has 0 radical (unpaired) electrons. The summed E-state index contributed by atoms with van der Waals surface area (Å²) in [4.78, 5) is 11.4. The number of para-hydroxylation sites is 1. The highest BCUT2D eigenvalue weighted by atomic mass is 35.5. The molecule has 16 heavy (non-hydrogen) atoms. The lowest BCUT2D eigenvalue weighted by Gasteiger charge is -2.22. The largest absolute Gasteiger partial charge is 0.483 e. The third-order valence-corrected chi connectivity index (χ3v) is 2.26. The zero-order chi connectivity index (χ0) is 9.80. The second-order valence-electron chi connectivity index (χ2n) is 3.35. The average molecular weight is 246 g/mol. The smallest absolute Gasteiger partial charge is 0.187 e. The summed E-state index contributed by atoms with van der Waals surface area (Å²) in [5.41, 5.74) is 0. The van der Waals surface area contributed by atoms with Crippen LogP contribution < -0.4 is 10.1 Å². The van der Waals surface area contributed by atoms with E-state index in [1.165, 1.54) is 0 Å². The maximum absolute atomic E-state index is 11.4. The molecule has 1 saturated heterocycles. The number of carbonyl (C=O) groups is 1. The van der Waals surface area contributed by atoms with E-state index >= 15 is 0 Å². The topological polar surface area (TPSA) is 69.8 Å². The molecule has 0 aromatic heterocycles. The van der Waals surface area contributed by atoms with E-state index in [1.807, 2.05) is 30.3 Å². The fourth-order valence-electron chi connectivity index (χ4n) is 1.51. The highest BCUT2D eigenvalue weighted by Gasteiger charge is 2.23. The molecule has 1 aliphatic rings. The Bertz CT molecular complexity index is 318. The molecule has 4 nitrogen and oxygen atoms in total. The van der Waals surface area contributed by atoms with Gasteiger partial charge in [-0.15, -0.1) is 12.4 Å². The zero-order valence-electron chi connectivity index (χ0n) is 8.81. The predicted octanol–water partition coefficient (Wildman–Crippen LogP) is 0.593. The fraction of sp³-hybridized carbons (Fsp3) is 0.364. The van der Waals surface area contributed by atoms with E-state index in [-0.39, 0.29) is 29.8 Å². The van der Waals surface area contributed by atoms with Gasteiger partial charge < -0.3 is 15.5 Å². The molecule has 1 aromatic rings. The first-order valence-electron chi connectivity index (χ1n) is 4.81. The van der Waals surface area contributed by atoms with Gasteiger partial charge in [0.05, 0.1) is 6.54 Å². The number of hydrogen-bond donors (Lipinski definition) is 1. The van der Waals surface area contributed by atoms with Gasteiger partial charge in [0.25, 0.3) is 0 Å². The summed E-state index contributed by atoms with van der Waals surface area (Å²) in [5, 5.41) is 3.02. The van der Waals surface area contributed by atoms with Crippen LogP contribution in [0.4, 0.5) is 0 Å². The standard InChI is InChI=1S/C11H13NO2.ClH.H2O/c13-10-8-12-7-6-11(10)14-9-4-2-1-3-5-9;;/h1-5,11-12H,6-8H2;1H;1H2. The van der Waals surface area contributed by atoms with Crippen LogP contribution in [0.15, 0.2) is 30.3 Å². The second-order valence-corrected chi connectivity index (χ2v) is 3.35. The SMILES string of the molecule is Cl.O.O=C1CNCCC1Oc1ccccc1. The van der Waals surface area contributed by atoms with E-state index in [9.17, 15) is 4.79 Å². The van der Waals surface area contributed by atoms with Crippen LogP contribution in [0.5, 0.6) is 5.75 Å². The number of piperidine rings is 1. The third kappa shape index (κ3) is 3.81. The molecule has 0 bridgehead atoms. The highest BCUT2D eigenvalue weighted by Crippen LogP contribution is 2.13. The normalized spacial score (nSPS) is 19.2. The van der Waals surface area contributed by atoms with E-state index < -0.39 is 0 Å². The van der Waals surface area contributed by atoms with Crippen LogP contribution in [-0.2, 0) is 4.79 Å². The van der Waals surface area contributed by atoms with Crippen molar-refractivity contribution in [2.24, 2.45) is 0 Å². The van der Waals surface area contributed by atoms with Gasteiger partial charge in [0, 0.05) is 6.42 Å². The Morgan fingerprint density at radius 1 is 1.25 bits per heavy atom. The maximum atomic E-state index is 11.4. The Kier molecular flexibility index (Phi) is 6.72. The minimum absolute atomic E-state index is 0. The Labute approximate surface area is 101 Å². The lowest BCUT2D eigenvalue weighted by Crippen LogP contribution is -2.43. The molecule has 1 fully saturated rings. The van der Waals surface area contributed by atoms with E-state index in [0.29, 0.717) is 6.54 Å². The molecule has 0 saturated carbocycles. The minimum Gasteiger partial charge on any atom is -0.483 e. The number of benzene rings is 1. The molecule has 5 heteroatoms. The molecule has 1 unspecified atom stereocenters. The van der Waals surface area contributed by atoms with Gasteiger partial charge in [-0.2, -0.15) is 0 Å². The van der Waals surface area contributed by atoms with Crippen molar-refractivity contribution < 1.29 is 15.0 Å². The average Bonchev–Trinajstić information content (AvgIpc) is 2.23. The lowest BCUT2D eigenvalue weighted by atomic mass is 10.1. The number of Topliss-reactive ketones (excluding diaryl/α,β-unsaturated/α-hetero) is 1. The summed E-state index contributed by atoms with van der Waals surface area (Å²) in [5.74, 6) is 0.910.